The molecular weight excluding hydrogens is 176 g/mol. The van der Waals surface area contributed by atoms with Crippen LogP contribution in [-0.2, 0) is 9.53 Å². The van der Waals surface area contributed by atoms with Gasteiger partial charge >= 0.3 is 5.97 Å². The Kier molecular flexibility index (Phi) is 3.57. The lowest BCUT2D eigenvalue weighted by molar-refractivity contribution is -0.155. The Hall–Kier alpha value is -0.530. The van der Waals surface area contributed by atoms with Gasteiger partial charge in [0.05, 0.1) is 12.5 Å². The molecule has 1 aliphatic carbocycles. The van der Waals surface area contributed by atoms with Crippen molar-refractivity contribution in [2.45, 2.75) is 46.5 Å². The van der Waals surface area contributed by atoms with E-state index in [1.807, 2.05) is 6.92 Å². The highest BCUT2D eigenvalue weighted by Crippen LogP contribution is 2.42. The van der Waals surface area contributed by atoms with Crippen LogP contribution in [0.3, 0.4) is 0 Å². The molecule has 0 aromatic carbocycles. The maximum Gasteiger partial charge on any atom is 0.311 e. The van der Waals surface area contributed by atoms with E-state index < -0.39 is 0 Å². The van der Waals surface area contributed by atoms with E-state index in [-0.39, 0.29) is 11.4 Å². The molecular formula is C12H22O2. The van der Waals surface area contributed by atoms with Gasteiger partial charge in [-0.25, -0.2) is 0 Å². The van der Waals surface area contributed by atoms with Crippen molar-refractivity contribution in [1.82, 2.24) is 0 Å². The lowest BCUT2D eigenvalue weighted by Crippen LogP contribution is -2.36. The minimum atomic E-state index is -0.220. The van der Waals surface area contributed by atoms with Crippen LogP contribution in [0.2, 0.25) is 0 Å². The zero-order chi connectivity index (χ0) is 10.8. The van der Waals surface area contributed by atoms with Gasteiger partial charge in [0.2, 0.25) is 0 Å². The predicted molar refractivity (Wildman–Crippen MR) is 56.9 cm³/mol. The summed E-state index contributed by atoms with van der Waals surface area (Å²) in [5, 5.41) is 0. The van der Waals surface area contributed by atoms with Crippen molar-refractivity contribution in [3.8, 4) is 0 Å². The third-order valence-electron chi connectivity index (χ3n) is 3.64. The van der Waals surface area contributed by atoms with Gasteiger partial charge in [-0.05, 0) is 31.6 Å². The molecule has 0 aromatic rings. The maximum absolute atomic E-state index is 11.6. The lowest BCUT2D eigenvalue weighted by atomic mass is 9.68. The fourth-order valence-electron chi connectivity index (χ4n) is 2.54. The van der Waals surface area contributed by atoms with E-state index in [0.717, 1.165) is 19.3 Å². The SMILES string of the molecule is COC(=O)C1(C)CCCC(C(C)C)C1. The molecule has 2 heteroatoms. The minimum Gasteiger partial charge on any atom is -0.469 e. The van der Waals surface area contributed by atoms with Gasteiger partial charge in [0.1, 0.15) is 0 Å². The van der Waals surface area contributed by atoms with Gasteiger partial charge in [-0.3, -0.25) is 4.79 Å². The second-order valence-electron chi connectivity index (χ2n) is 5.15. The van der Waals surface area contributed by atoms with Crippen LogP contribution in [0, 0.1) is 17.3 Å². The van der Waals surface area contributed by atoms with Crippen molar-refractivity contribution < 1.29 is 9.53 Å². The highest BCUT2D eigenvalue weighted by atomic mass is 16.5. The van der Waals surface area contributed by atoms with E-state index in [4.69, 9.17) is 4.74 Å². The lowest BCUT2D eigenvalue weighted by Gasteiger charge is -2.37. The Bertz CT molecular complexity index is 210. The molecule has 2 unspecified atom stereocenters. The van der Waals surface area contributed by atoms with Gasteiger partial charge in [-0.1, -0.05) is 26.7 Å². The standard InChI is InChI=1S/C12H22O2/c1-9(2)10-6-5-7-12(3,8-10)11(13)14-4/h9-10H,5-8H2,1-4H3. The summed E-state index contributed by atoms with van der Waals surface area (Å²) in [6.45, 7) is 6.54. The third-order valence-corrected chi connectivity index (χ3v) is 3.64. The summed E-state index contributed by atoms with van der Waals surface area (Å²) in [6.07, 6.45) is 4.42. The van der Waals surface area contributed by atoms with Gasteiger partial charge in [0.25, 0.3) is 0 Å². The van der Waals surface area contributed by atoms with E-state index in [1.165, 1.54) is 13.5 Å². The number of carbonyl (C=O) groups excluding carboxylic acids is 1. The van der Waals surface area contributed by atoms with E-state index in [0.29, 0.717) is 11.8 Å². The first-order valence-electron chi connectivity index (χ1n) is 5.58. The molecule has 0 aromatic heterocycles. The second kappa shape index (κ2) is 4.33. The first kappa shape index (κ1) is 11.5. The largest absolute Gasteiger partial charge is 0.469 e. The first-order chi connectivity index (χ1) is 6.49. The zero-order valence-corrected chi connectivity index (χ0v) is 9.80. The van der Waals surface area contributed by atoms with E-state index >= 15 is 0 Å². The number of ether oxygens (including phenoxy) is 1. The predicted octanol–water partition coefficient (Wildman–Crippen LogP) is 3.01. The molecule has 0 spiro atoms. The molecule has 0 N–H and O–H groups in total. The molecule has 2 atom stereocenters. The van der Waals surface area contributed by atoms with Crippen LogP contribution in [0.5, 0.6) is 0 Å². The van der Waals surface area contributed by atoms with Crippen molar-refractivity contribution in [3.05, 3.63) is 0 Å². The molecule has 0 amide bonds. The quantitative estimate of drug-likeness (QED) is 0.637. The van der Waals surface area contributed by atoms with Gasteiger partial charge in [0.15, 0.2) is 0 Å². The van der Waals surface area contributed by atoms with Gasteiger partial charge in [0, 0.05) is 0 Å². The average Bonchev–Trinajstić information content (AvgIpc) is 2.16. The van der Waals surface area contributed by atoms with Crippen molar-refractivity contribution in [1.29, 1.82) is 0 Å². The molecule has 1 fully saturated rings. The number of esters is 1. The Morgan fingerprint density at radius 2 is 2.14 bits per heavy atom. The number of hydrogen-bond acceptors (Lipinski definition) is 2. The fraction of sp³-hybridized carbons (Fsp3) is 0.917. The third kappa shape index (κ3) is 2.28. The average molecular weight is 198 g/mol. The maximum atomic E-state index is 11.6. The molecule has 82 valence electrons. The Morgan fingerprint density at radius 3 is 2.64 bits per heavy atom. The van der Waals surface area contributed by atoms with Crippen molar-refractivity contribution in [2.75, 3.05) is 7.11 Å². The van der Waals surface area contributed by atoms with Crippen molar-refractivity contribution in [2.24, 2.45) is 17.3 Å². The van der Waals surface area contributed by atoms with Crippen LogP contribution >= 0.6 is 0 Å². The molecule has 0 saturated heterocycles. The number of hydrogen-bond donors (Lipinski definition) is 0. The molecule has 0 heterocycles. The summed E-state index contributed by atoms with van der Waals surface area (Å²) in [5.41, 5.74) is -0.220. The van der Waals surface area contributed by atoms with Crippen molar-refractivity contribution in [3.63, 3.8) is 0 Å². The van der Waals surface area contributed by atoms with Gasteiger partial charge in [-0.15, -0.1) is 0 Å². The Labute approximate surface area is 87.0 Å². The summed E-state index contributed by atoms with van der Waals surface area (Å²) >= 11 is 0. The topological polar surface area (TPSA) is 26.3 Å². The van der Waals surface area contributed by atoms with Crippen LogP contribution < -0.4 is 0 Å². The molecule has 0 aliphatic heterocycles. The highest BCUT2D eigenvalue weighted by Gasteiger charge is 2.40. The normalized spacial score (nSPS) is 33.1. The first-order valence-corrected chi connectivity index (χ1v) is 5.58. The molecule has 2 nitrogen and oxygen atoms in total. The van der Waals surface area contributed by atoms with Gasteiger partial charge in [-0.2, -0.15) is 0 Å². The van der Waals surface area contributed by atoms with Crippen LogP contribution in [-0.4, -0.2) is 13.1 Å². The summed E-state index contributed by atoms with van der Waals surface area (Å²) in [7, 11) is 1.49. The van der Waals surface area contributed by atoms with Crippen LogP contribution in [0.25, 0.3) is 0 Å². The molecule has 14 heavy (non-hydrogen) atoms. The smallest absolute Gasteiger partial charge is 0.311 e. The van der Waals surface area contributed by atoms with E-state index in [1.54, 1.807) is 0 Å². The van der Waals surface area contributed by atoms with E-state index in [9.17, 15) is 4.79 Å². The summed E-state index contributed by atoms with van der Waals surface area (Å²) in [5.74, 6) is 1.34. The zero-order valence-electron chi connectivity index (χ0n) is 9.80. The summed E-state index contributed by atoms with van der Waals surface area (Å²) < 4.78 is 4.88. The van der Waals surface area contributed by atoms with Crippen LogP contribution in [0.4, 0.5) is 0 Å². The fourth-order valence-corrected chi connectivity index (χ4v) is 2.54. The van der Waals surface area contributed by atoms with E-state index in [2.05, 4.69) is 13.8 Å². The van der Waals surface area contributed by atoms with Crippen LogP contribution in [0.15, 0.2) is 0 Å². The number of methoxy groups -OCH3 is 1. The number of carbonyl (C=O) groups is 1. The molecule has 0 bridgehead atoms. The van der Waals surface area contributed by atoms with Crippen molar-refractivity contribution >= 4 is 5.97 Å². The highest BCUT2D eigenvalue weighted by molar-refractivity contribution is 5.76. The second-order valence-corrected chi connectivity index (χ2v) is 5.15. The Balaban J connectivity index is 2.67. The summed E-state index contributed by atoms with van der Waals surface area (Å²) in [4.78, 5) is 11.6. The minimum absolute atomic E-state index is 0.0251. The molecule has 0 radical (unpaired) electrons. The molecule has 1 aliphatic rings. The monoisotopic (exact) mass is 198 g/mol. The Morgan fingerprint density at radius 1 is 1.50 bits per heavy atom. The van der Waals surface area contributed by atoms with Gasteiger partial charge < -0.3 is 4.74 Å². The number of rotatable bonds is 2. The molecule has 1 rings (SSSR count). The summed E-state index contributed by atoms with van der Waals surface area (Å²) in [6, 6.07) is 0. The van der Waals surface area contributed by atoms with Crippen LogP contribution in [0.1, 0.15) is 46.5 Å². The molecule has 1 saturated carbocycles.